The van der Waals surface area contributed by atoms with Crippen LogP contribution in [0.3, 0.4) is 0 Å². The molecule has 0 atom stereocenters. The molecule has 0 unspecified atom stereocenters. The van der Waals surface area contributed by atoms with Gasteiger partial charge in [0.1, 0.15) is 5.75 Å². The number of nitro groups is 1. The van der Waals surface area contributed by atoms with Gasteiger partial charge in [0.25, 0.3) is 17.5 Å². The van der Waals surface area contributed by atoms with Gasteiger partial charge in [0.15, 0.2) is 4.32 Å². The first-order chi connectivity index (χ1) is 12.8. The van der Waals surface area contributed by atoms with Crippen molar-refractivity contribution in [2.75, 3.05) is 0 Å². The Balaban J connectivity index is 1.74. The van der Waals surface area contributed by atoms with Crippen LogP contribution in [0.15, 0.2) is 53.4 Å². The molecule has 8 nitrogen and oxygen atoms in total. The zero-order valence-electron chi connectivity index (χ0n) is 13.5. The lowest BCUT2D eigenvalue weighted by Crippen LogP contribution is -2.44. The molecule has 10 heteroatoms. The second-order valence-electron chi connectivity index (χ2n) is 5.35. The molecule has 1 heterocycles. The quantitative estimate of drug-likeness (QED) is 0.350. The average Bonchev–Trinajstić information content (AvgIpc) is 2.91. The number of thioether (sulfide) groups is 1. The molecule has 0 aliphatic carbocycles. The monoisotopic (exact) mass is 401 g/mol. The van der Waals surface area contributed by atoms with E-state index in [9.17, 15) is 24.8 Å². The van der Waals surface area contributed by atoms with E-state index in [1.165, 1.54) is 36.4 Å². The van der Waals surface area contributed by atoms with Crippen molar-refractivity contribution in [3.8, 4) is 5.75 Å². The number of hydrogen-bond acceptors (Lipinski definition) is 7. The van der Waals surface area contributed by atoms with Crippen LogP contribution in [0.4, 0.5) is 5.69 Å². The molecular weight excluding hydrogens is 390 g/mol. The summed E-state index contributed by atoms with van der Waals surface area (Å²) in [5.74, 6) is -1.00. The van der Waals surface area contributed by atoms with Gasteiger partial charge in [-0.2, -0.15) is 5.01 Å². The number of hydrazine groups is 1. The fourth-order valence-corrected chi connectivity index (χ4v) is 3.37. The van der Waals surface area contributed by atoms with Crippen LogP contribution in [0.2, 0.25) is 0 Å². The van der Waals surface area contributed by atoms with Crippen molar-refractivity contribution < 1.29 is 19.6 Å². The fourth-order valence-electron chi connectivity index (χ4n) is 2.19. The normalized spacial score (nSPS) is 15.3. The van der Waals surface area contributed by atoms with Gasteiger partial charge in [0.05, 0.1) is 9.83 Å². The summed E-state index contributed by atoms with van der Waals surface area (Å²) in [6.07, 6.45) is 1.59. The summed E-state index contributed by atoms with van der Waals surface area (Å²) >= 11 is 6.16. The van der Waals surface area contributed by atoms with Crippen LogP contribution in [0.1, 0.15) is 15.9 Å². The lowest BCUT2D eigenvalue weighted by Gasteiger charge is -2.15. The summed E-state index contributed by atoms with van der Waals surface area (Å²) in [4.78, 5) is 35.2. The number of amides is 2. The van der Waals surface area contributed by atoms with Gasteiger partial charge in [-0.3, -0.25) is 25.1 Å². The van der Waals surface area contributed by atoms with Crippen molar-refractivity contribution in [2.45, 2.75) is 0 Å². The maximum Gasteiger partial charge on any atom is 0.285 e. The summed E-state index contributed by atoms with van der Waals surface area (Å²) in [6, 6.07) is 11.2. The third-order valence-corrected chi connectivity index (χ3v) is 4.84. The molecule has 1 fully saturated rings. The second-order valence-corrected chi connectivity index (χ2v) is 7.03. The van der Waals surface area contributed by atoms with E-state index in [-0.39, 0.29) is 21.3 Å². The number of hydrogen-bond donors (Lipinski definition) is 2. The number of thiocarbonyl (C=S) groups is 1. The van der Waals surface area contributed by atoms with Gasteiger partial charge in [-0.15, -0.1) is 0 Å². The molecule has 0 saturated carbocycles. The van der Waals surface area contributed by atoms with Gasteiger partial charge in [-0.1, -0.05) is 23.9 Å². The van der Waals surface area contributed by atoms with Gasteiger partial charge in [-0.25, -0.2) is 0 Å². The fraction of sp³-hybridized carbons (Fsp3) is 0. The number of phenolic OH excluding ortho intramolecular Hbond substituents is 1. The largest absolute Gasteiger partial charge is 0.508 e. The molecule has 2 aromatic carbocycles. The summed E-state index contributed by atoms with van der Waals surface area (Å²) in [5, 5.41) is 20.9. The Morgan fingerprint density at radius 3 is 2.41 bits per heavy atom. The highest BCUT2D eigenvalue weighted by Crippen LogP contribution is 2.31. The number of carbonyl (C=O) groups excluding carboxylic acids is 2. The topological polar surface area (TPSA) is 113 Å². The minimum Gasteiger partial charge on any atom is -0.508 e. The minimum atomic E-state index is -0.618. The number of nitrogens with one attached hydrogen (secondary N) is 1. The summed E-state index contributed by atoms with van der Waals surface area (Å²) in [7, 11) is 0. The highest BCUT2D eigenvalue weighted by Gasteiger charge is 2.33. The SMILES string of the molecule is O=C(NN1C(=O)/C(=C/c2ccc(O)cc2)SC1=S)c1ccc([N+](=O)[O-])cc1. The van der Waals surface area contributed by atoms with E-state index in [1.54, 1.807) is 18.2 Å². The van der Waals surface area contributed by atoms with Crippen molar-refractivity contribution in [3.63, 3.8) is 0 Å². The number of phenols is 1. The van der Waals surface area contributed by atoms with Crippen molar-refractivity contribution in [2.24, 2.45) is 0 Å². The van der Waals surface area contributed by atoms with Crippen LogP contribution in [0.25, 0.3) is 6.08 Å². The van der Waals surface area contributed by atoms with E-state index in [0.29, 0.717) is 10.5 Å². The molecule has 3 rings (SSSR count). The Labute approximate surface area is 162 Å². The highest BCUT2D eigenvalue weighted by molar-refractivity contribution is 8.26. The lowest BCUT2D eigenvalue weighted by molar-refractivity contribution is -0.384. The van der Waals surface area contributed by atoms with Gasteiger partial charge in [0, 0.05) is 17.7 Å². The standard InChI is InChI=1S/C17H11N3O5S2/c21-13-7-1-10(2-8-13)9-14-16(23)19(17(26)27-14)18-15(22)11-3-5-12(6-4-11)20(24)25/h1-9,21H,(H,18,22)/b14-9-. The maximum absolute atomic E-state index is 12.5. The maximum atomic E-state index is 12.5. The molecule has 0 radical (unpaired) electrons. The molecule has 1 aliphatic rings. The Morgan fingerprint density at radius 1 is 1.19 bits per heavy atom. The zero-order valence-corrected chi connectivity index (χ0v) is 15.1. The predicted octanol–water partition coefficient (Wildman–Crippen LogP) is 2.85. The molecule has 1 aliphatic heterocycles. The molecule has 27 heavy (non-hydrogen) atoms. The molecule has 0 bridgehead atoms. The minimum absolute atomic E-state index is 0.107. The lowest BCUT2D eigenvalue weighted by atomic mass is 10.2. The molecule has 1 saturated heterocycles. The van der Waals surface area contributed by atoms with Crippen LogP contribution in [-0.4, -0.2) is 31.2 Å². The summed E-state index contributed by atoms with van der Waals surface area (Å²) < 4.78 is 0.153. The molecular formula is C17H11N3O5S2. The highest BCUT2D eigenvalue weighted by atomic mass is 32.2. The van der Waals surface area contributed by atoms with Crippen molar-refractivity contribution in [3.05, 3.63) is 74.7 Å². The zero-order chi connectivity index (χ0) is 19.6. The van der Waals surface area contributed by atoms with Crippen LogP contribution >= 0.6 is 24.0 Å². The van der Waals surface area contributed by atoms with Gasteiger partial charge < -0.3 is 5.11 Å². The Hall–Kier alpha value is -3.24. The Bertz CT molecular complexity index is 971. The van der Waals surface area contributed by atoms with E-state index < -0.39 is 16.7 Å². The number of non-ortho nitro benzene ring substituents is 1. The van der Waals surface area contributed by atoms with Gasteiger partial charge in [-0.05, 0) is 48.1 Å². The average molecular weight is 401 g/mol. The number of nitrogens with zero attached hydrogens (tertiary/aromatic N) is 2. The van der Waals surface area contributed by atoms with E-state index in [2.05, 4.69) is 5.43 Å². The van der Waals surface area contributed by atoms with E-state index in [1.807, 2.05) is 0 Å². The first-order valence-corrected chi connectivity index (χ1v) is 8.70. The second kappa shape index (κ2) is 7.56. The van der Waals surface area contributed by atoms with Crippen molar-refractivity contribution >= 4 is 51.9 Å². The molecule has 2 aromatic rings. The number of rotatable bonds is 4. The van der Waals surface area contributed by atoms with E-state index in [0.717, 1.165) is 16.8 Å². The smallest absolute Gasteiger partial charge is 0.285 e. The summed E-state index contributed by atoms with van der Waals surface area (Å²) in [6.45, 7) is 0. The van der Waals surface area contributed by atoms with Crippen LogP contribution in [0.5, 0.6) is 5.75 Å². The predicted molar refractivity (Wildman–Crippen MR) is 104 cm³/mol. The third kappa shape index (κ3) is 4.13. The Morgan fingerprint density at radius 2 is 1.81 bits per heavy atom. The van der Waals surface area contributed by atoms with Crippen molar-refractivity contribution in [1.82, 2.24) is 10.4 Å². The molecule has 2 N–H and O–H groups in total. The third-order valence-electron chi connectivity index (χ3n) is 3.54. The number of aromatic hydroxyl groups is 1. The van der Waals surface area contributed by atoms with Crippen molar-refractivity contribution in [1.29, 1.82) is 0 Å². The van der Waals surface area contributed by atoms with Crippen LogP contribution in [0, 0.1) is 10.1 Å². The summed E-state index contributed by atoms with van der Waals surface area (Å²) in [5.41, 5.74) is 3.10. The van der Waals surface area contributed by atoms with Crippen LogP contribution < -0.4 is 5.43 Å². The molecule has 2 amide bonds. The van der Waals surface area contributed by atoms with Gasteiger partial charge in [0.2, 0.25) is 0 Å². The number of carbonyl (C=O) groups is 2. The Kier molecular flexibility index (Phi) is 5.19. The van der Waals surface area contributed by atoms with E-state index in [4.69, 9.17) is 12.2 Å². The van der Waals surface area contributed by atoms with E-state index >= 15 is 0 Å². The molecule has 136 valence electrons. The molecule has 0 spiro atoms. The first-order valence-electron chi connectivity index (χ1n) is 7.47. The number of nitro benzene ring substituents is 1. The van der Waals surface area contributed by atoms with Gasteiger partial charge >= 0.3 is 0 Å². The number of benzene rings is 2. The van der Waals surface area contributed by atoms with Crippen LogP contribution in [-0.2, 0) is 4.79 Å². The first kappa shape index (κ1) is 18.5. The molecule has 0 aromatic heterocycles.